The van der Waals surface area contributed by atoms with E-state index in [1.807, 2.05) is 0 Å². The molecule has 1 atom stereocenters. The highest BCUT2D eigenvalue weighted by molar-refractivity contribution is 5.80. The van der Waals surface area contributed by atoms with Gasteiger partial charge in [0.25, 0.3) is 0 Å². The largest absolute Gasteiger partial charge is 0.466 e. The zero-order valence-corrected chi connectivity index (χ0v) is 9.12. The Kier molecular flexibility index (Phi) is 2.92. The van der Waals surface area contributed by atoms with Gasteiger partial charge in [0.05, 0.1) is 19.8 Å². The van der Waals surface area contributed by atoms with Gasteiger partial charge < -0.3 is 10.1 Å². The van der Waals surface area contributed by atoms with Crippen molar-refractivity contribution in [3.8, 4) is 0 Å². The molecule has 0 saturated carbocycles. The van der Waals surface area contributed by atoms with Crippen LogP contribution in [0.25, 0.3) is 0 Å². The van der Waals surface area contributed by atoms with Crippen LogP contribution >= 0.6 is 0 Å². The maximum absolute atomic E-state index is 9.84. The topological polar surface area (TPSA) is 50.4 Å². The number of methoxy groups -OCH3 is 1. The Hall–Kier alpha value is -1.81. The van der Waals surface area contributed by atoms with E-state index in [1.54, 1.807) is 0 Å². The lowest BCUT2D eigenvalue weighted by atomic mass is 10.1. The Morgan fingerprint density at radius 1 is 1.62 bits per heavy atom. The van der Waals surface area contributed by atoms with E-state index < -0.39 is 5.97 Å². The summed E-state index contributed by atoms with van der Waals surface area (Å²) in [4.78, 5) is 9.84. The highest BCUT2D eigenvalue weighted by Crippen LogP contribution is 2.33. The lowest BCUT2D eigenvalue weighted by molar-refractivity contribution is -0.134. The molecular formula is C12H14N2O2. The fourth-order valence-corrected chi connectivity index (χ4v) is 1.90. The van der Waals surface area contributed by atoms with Gasteiger partial charge in [-0.2, -0.15) is 0 Å². The van der Waals surface area contributed by atoms with E-state index in [2.05, 4.69) is 40.2 Å². The zero-order valence-electron chi connectivity index (χ0n) is 9.12. The molecule has 1 heterocycles. The van der Waals surface area contributed by atoms with Crippen molar-refractivity contribution in [3.63, 3.8) is 0 Å². The summed E-state index contributed by atoms with van der Waals surface area (Å²) in [6.07, 6.45) is 7.71. The van der Waals surface area contributed by atoms with Crippen molar-refractivity contribution in [2.24, 2.45) is 0 Å². The summed E-state index contributed by atoms with van der Waals surface area (Å²) in [6, 6.07) is 0.524. The van der Waals surface area contributed by atoms with Crippen molar-refractivity contribution in [2.45, 2.75) is 6.04 Å². The summed E-state index contributed by atoms with van der Waals surface area (Å²) >= 11 is 0. The van der Waals surface area contributed by atoms with Crippen molar-refractivity contribution in [1.29, 1.82) is 0 Å². The Balaban J connectivity index is 0.000000142. The van der Waals surface area contributed by atoms with Gasteiger partial charge in [-0.3, -0.25) is 5.32 Å². The van der Waals surface area contributed by atoms with E-state index in [4.69, 9.17) is 0 Å². The SMILES string of the molecule is C1=CC2=C3C=C1C2NCN3.C=CC(=O)OC. The fraction of sp³-hybridized carbons (Fsp3) is 0.250. The molecule has 84 valence electrons. The van der Waals surface area contributed by atoms with Crippen molar-refractivity contribution >= 4 is 5.97 Å². The minimum Gasteiger partial charge on any atom is -0.466 e. The molecular weight excluding hydrogens is 204 g/mol. The van der Waals surface area contributed by atoms with Gasteiger partial charge in [0, 0.05) is 11.8 Å². The second-order valence-corrected chi connectivity index (χ2v) is 3.56. The first-order valence-electron chi connectivity index (χ1n) is 5.07. The molecule has 2 N–H and O–H groups in total. The van der Waals surface area contributed by atoms with Crippen LogP contribution in [0.3, 0.4) is 0 Å². The Morgan fingerprint density at radius 2 is 2.44 bits per heavy atom. The first-order chi connectivity index (χ1) is 7.76. The van der Waals surface area contributed by atoms with E-state index in [9.17, 15) is 4.79 Å². The minimum atomic E-state index is -0.394. The number of carbonyl (C=O) groups is 1. The maximum Gasteiger partial charge on any atom is 0.329 e. The molecule has 1 unspecified atom stereocenters. The predicted molar refractivity (Wildman–Crippen MR) is 61.4 cm³/mol. The van der Waals surface area contributed by atoms with Gasteiger partial charge in [-0.25, -0.2) is 4.79 Å². The van der Waals surface area contributed by atoms with E-state index in [0.29, 0.717) is 6.04 Å². The second-order valence-electron chi connectivity index (χ2n) is 3.56. The molecule has 3 aliphatic rings. The average Bonchev–Trinajstić information content (AvgIpc) is 2.82. The number of rotatable bonds is 1. The van der Waals surface area contributed by atoms with Crippen LogP contribution in [0.4, 0.5) is 0 Å². The number of carbonyl (C=O) groups excluding carboxylic acids is 1. The van der Waals surface area contributed by atoms with Crippen molar-refractivity contribution in [3.05, 3.63) is 47.7 Å². The molecule has 0 spiro atoms. The highest BCUT2D eigenvalue weighted by atomic mass is 16.5. The molecule has 0 saturated heterocycles. The molecule has 4 heteroatoms. The van der Waals surface area contributed by atoms with Crippen LogP contribution in [0.5, 0.6) is 0 Å². The molecule has 1 aliphatic heterocycles. The van der Waals surface area contributed by atoms with Crippen molar-refractivity contribution in [2.75, 3.05) is 13.8 Å². The Morgan fingerprint density at radius 3 is 2.94 bits per heavy atom. The first-order valence-corrected chi connectivity index (χ1v) is 5.07. The van der Waals surface area contributed by atoms with E-state index in [0.717, 1.165) is 12.7 Å². The molecule has 0 radical (unpaired) electrons. The quantitative estimate of drug-likeness (QED) is 0.500. The molecule has 0 aromatic carbocycles. The van der Waals surface area contributed by atoms with Gasteiger partial charge in [-0.15, -0.1) is 0 Å². The molecule has 0 aromatic heterocycles. The predicted octanol–water partition coefficient (Wildman–Crippen LogP) is 0.615. The highest BCUT2D eigenvalue weighted by Gasteiger charge is 2.31. The summed E-state index contributed by atoms with van der Waals surface area (Å²) in [5.41, 5.74) is 4.15. The summed E-state index contributed by atoms with van der Waals surface area (Å²) in [6.45, 7) is 4.06. The molecule has 0 amide bonds. The molecule has 4 bridgehead atoms. The zero-order chi connectivity index (χ0) is 11.5. The lowest BCUT2D eigenvalue weighted by Gasteiger charge is -2.19. The second kappa shape index (κ2) is 4.37. The van der Waals surface area contributed by atoms with Gasteiger partial charge in [0.1, 0.15) is 0 Å². The summed E-state index contributed by atoms with van der Waals surface area (Å²) in [5.74, 6) is -0.394. The van der Waals surface area contributed by atoms with E-state index in [1.165, 1.54) is 24.0 Å². The van der Waals surface area contributed by atoms with Crippen molar-refractivity contribution in [1.82, 2.24) is 10.6 Å². The van der Waals surface area contributed by atoms with E-state index in [-0.39, 0.29) is 0 Å². The van der Waals surface area contributed by atoms with Gasteiger partial charge in [0.15, 0.2) is 0 Å². The molecule has 4 nitrogen and oxygen atoms in total. The number of allylic oxidation sites excluding steroid dienone is 1. The number of hydrogen-bond acceptors (Lipinski definition) is 4. The van der Waals surface area contributed by atoms with E-state index >= 15 is 0 Å². The van der Waals surface area contributed by atoms with Gasteiger partial charge in [0.2, 0.25) is 0 Å². The Labute approximate surface area is 94.4 Å². The van der Waals surface area contributed by atoms with Gasteiger partial charge in [-0.05, 0) is 17.2 Å². The molecule has 0 fully saturated rings. The van der Waals surface area contributed by atoms with Crippen LogP contribution in [0.15, 0.2) is 47.7 Å². The number of esters is 1. The minimum absolute atomic E-state index is 0.394. The summed E-state index contributed by atoms with van der Waals surface area (Å²) in [7, 11) is 1.31. The van der Waals surface area contributed by atoms with Crippen LogP contribution in [0.2, 0.25) is 0 Å². The third-order valence-corrected chi connectivity index (χ3v) is 2.67. The number of hydrogen-bond donors (Lipinski definition) is 2. The molecule has 2 aliphatic carbocycles. The van der Waals surface area contributed by atoms with Gasteiger partial charge >= 0.3 is 5.97 Å². The molecule has 0 aromatic rings. The normalized spacial score (nSPS) is 23.1. The first kappa shape index (κ1) is 10.7. The van der Waals surface area contributed by atoms with Crippen LogP contribution in [-0.2, 0) is 9.53 Å². The molecule has 16 heavy (non-hydrogen) atoms. The van der Waals surface area contributed by atoms with Crippen LogP contribution in [-0.4, -0.2) is 25.8 Å². The monoisotopic (exact) mass is 218 g/mol. The van der Waals surface area contributed by atoms with Gasteiger partial charge in [-0.1, -0.05) is 18.7 Å². The van der Waals surface area contributed by atoms with Crippen molar-refractivity contribution < 1.29 is 9.53 Å². The molecule has 3 rings (SSSR count). The van der Waals surface area contributed by atoms with Crippen LogP contribution in [0, 0.1) is 0 Å². The smallest absolute Gasteiger partial charge is 0.329 e. The Bertz CT molecular complexity index is 419. The maximum atomic E-state index is 9.84. The van der Waals surface area contributed by atoms with Crippen LogP contribution in [0.1, 0.15) is 0 Å². The number of ether oxygens (including phenoxy) is 1. The average molecular weight is 218 g/mol. The third-order valence-electron chi connectivity index (χ3n) is 2.67. The fourth-order valence-electron chi connectivity index (χ4n) is 1.90. The lowest BCUT2D eigenvalue weighted by Crippen LogP contribution is -2.39. The summed E-state index contributed by atoms with van der Waals surface area (Å²) in [5, 5.41) is 6.66. The number of nitrogens with one attached hydrogen (secondary N) is 2. The van der Waals surface area contributed by atoms with Crippen LogP contribution < -0.4 is 10.6 Å². The third kappa shape index (κ3) is 1.79. The summed E-state index contributed by atoms with van der Waals surface area (Å²) < 4.78 is 4.14. The standard InChI is InChI=1S/C8H8N2.C4H6O2/c1-2-6-7-3-5(1)8(6)10-4-9-7;1-3-4(5)6-2/h1-3,8-10H,4H2;3H,1H2,2H3.